The van der Waals surface area contributed by atoms with Crippen molar-refractivity contribution in [1.82, 2.24) is 0 Å². The molecule has 0 unspecified atom stereocenters. The Morgan fingerprint density at radius 2 is 1.33 bits per heavy atom. The number of ether oxygens (including phenoxy) is 3. The van der Waals surface area contributed by atoms with Crippen molar-refractivity contribution in [1.29, 1.82) is 0 Å². The molecule has 1 fully saturated rings. The molecular formula is C26H26O4. The molecule has 4 nitrogen and oxygen atoms in total. The maximum Gasteiger partial charge on any atom is 0.343 e. The third kappa shape index (κ3) is 5.49. The van der Waals surface area contributed by atoms with Crippen LogP contribution in [0.4, 0.5) is 0 Å². The highest BCUT2D eigenvalue weighted by Crippen LogP contribution is 2.34. The van der Waals surface area contributed by atoms with Gasteiger partial charge in [-0.1, -0.05) is 48.5 Å². The molecule has 4 rings (SSSR count). The number of para-hydroxylation sites is 2. The van der Waals surface area contributed by atoms with Crippen molar-refractivity contribution < 1.29 is 19.0 Å². The van der Waals surface area contributed by atoms with Crippen LogP contribution < -0.4 is 9.47 Å². The van der Waals surface area contributed by atoms with Gasteiger partial charge in [-0.05, 0) is 73.6 Å². The van der Waals surface area contributed by atoms with E-state index in [0.717, 1.165) is 31.4 Å². The smallest absolute Gasteiger partial charge is 0.343 e. The van der Waals surface area contributed by atoms with Gasteiger partial charge in [-0.2, -0.15) is 0 Å². The molecule has 154 valence electrons. The normalized spacial score (nSPS) is 18.5. The predicted molar refractivity (Wildman–Crippen MR) is 116 cm³/mol. The zero-order valence-corrected chi connectivity index (χ0v) is 16.9. The van der Waals surface area contributed by atoms with E-state index < -0.39 is 0 Å². The average Bonchev–Trinajstić information content (AvgIpc) is 2.81. The van der Waals surface area contributed by atoms with E-state index >= 15 is 0 Å². The number of hydrogen-bond donors (Lipinski definition) is 0. The van der Waals surface area contributed by atoms with Crippen LogP contribution in [-0.4, -0.2) is 18.9 Å². The quantitative estimate of drug-likeness (QED) is 0.277. The lowest BCUT2D eigenvalue weighted by Crippen LogP contribution is -2.22. The van der Waals surface area contributed by atoms with E-state index in [1.807, 2.05) is 72.8 Å². The molecule has 0 saturated heterocycles. The van der Waals surface area contributed by atoms with E-state index in [0.29, 0.717) is 17.2 Å². The van der Waals surface area contributed by atoms with Gasteiger partial charge in [0.05, 0.1) is 11.7 Å². The van der Waals surface area contributed by atoms with Crippen LogP contribution in [0.3, 0.4) is 0 Å². The molecule has 30 heavy (non-hydrogen) atoms. The second kappa shape index (κ2) is 10.1. The molecule has 1 aliphatic rings. The Labute approximate surface area is 177 Å². The molecule has 0 amide bonds. The summed E-state index contributed by atoms with van der Waals surface area (Å²) in [6.07, 6.45) is 4.42. The lowest BCUT2D eigenvalue weighted by Gasteiger charge is -2.28. The maximum atomic E-state index is 12.3. The number of carbonyl (C=O) groups is 1. The van der Waals surface area contributed by atoms with Gasteiger partial charge in [0.2, 0.25) is 0 Å². The van der Waals surface area contributed by atoms with Crippen molar-refractivity contribution in [2.45, 2.75) is 37.7 Å². The van der Waals surface area contributed by atoms with Gasteiger partial charge in [0.15, 0.2) is 6.79 Å². The monoisotopic (exact) mass is 402 g/mol. The summed E-state index contributed by atoms with van der Waals surface area (Å²) >= 11 is 0. The summed E-state index contributed by atoms with van der Waals surface area (Å²) in [7, 11) is 0. The van der Waals surface area contributed by atoms with E-state index in [1.54, 1.807) is 12.1 Å². The van der Waals surface area contributed by atoms with Gasteiger partial charge in [-0.25, -0.2) is 4.79 Å². The zero-order valence-electron chi connectivity index (χ0n) is 16.9. The predicted octanol–water partition coefficient (Wildman–Crippen LogP) is 5.99. The number of rotatable bonds is 7. The number of esters is 1. The minimum Gasteiger partial charge on any atom is -0.468 e. The van der Waals surface area contributed by atoms with Crippen molar-refractivity contribution in [2.75, 3.05) is 6.79 Å². The molecule has 0 aliphatic heterocycles. The lowest BCUT2D eigenvalue weighted by atomic mass is 9.82. The minimum absolute atomic E-state index is 0.241. The second-order valence-electron chi connectivity index (χ2n) is 7.54. The van der Waals surface area contributed by atoms with Crippen LogP contribution in [0.1, 0.15) is 47.5 Å². The Hall–Kier alpha value is -3.11. The zero-order chi connectivity index (χ0) is 20.6. The van der Waals surface area contributed by atoms with Gasteiger partial charge in [-0.15, -0.1) is 0 Å². The standard InChI is InChI=1S/C26H26O4/c27-26(30-25-9-5-2-6-10-25)22-13-11-20(12-14-22)21-15-17-24(18-16-21)29-19-28-23-7-3-1-4-8-23/h1-14,21,24H,15-19H2. The highest BCUT2D eigenvalue weighted by Gasteiger charge is 2.23. The van der Waals surface area contributed by atoms with Crippen molar-refractivity contribution >= 4 is 5.97 Å². The molecule has 0 aromatic heterocycles. The van der Waals surface area contributed by atoms with E-state index in [-0.39, 0.29) is 18.9 Å². The topological polar surface area (TPSA) is 44.8 Å². The van der Waals surface area contributed by atoms with Gasteiger partial charge in [0, 0.05) is 0 Å². The van der Waals surface area contributed by atoms with E-state index in [1.165, 1.54) is 5.56 Å². The summed E-state index contributed by atoms with van der Waals surface area (Å²) in [5, 5.41) is 0. The van der Waals surface area contributed by atoms with Crippen LogP contribution in [0.15, 0.2) is 84.9 Å². The molecule has 0 spiro atoms. The fraction of sp³-hybridized carbons (Fsp3) is 0.269. The van der Waals surface area contributed by atoms with Gasteiger partial charge < -0.3 is 14.2 Å². The first-order valence-corrected chi connectivity index (χ1v) is 10.4. The van der Waals surface area contributed by atoms with Crippen LogP contribution in [0, 0.1) is 0 Å². The van der Waals surface area contributed by atoms with Crippen LogP contribution in [0.2, 0.25) is 0 Å². The van der Waals surface area contributed by atoms with Crippen LogP contribution in [0.25, 0.3) is 0 Å². The number of hydrogen-bond acceptors (Lipinski definition) is 4. The molecule has 3 aromatic rings. The minimum atomic E-state index is -0.330. The Morgan fingerprint density at radius 1 is 0.733 bits per heavy atom. The fourth-order valence-electron chi connectivity index (χ4n) is 3.82. The molecule has 0 atom stereocenters. The van der Waals surface area contributed by atoms with Crippen molar-refractivity contribution in [2.24, 2.45) is 0 Å². The molecule has 0 bridgehead atoms. The third-order valence-corrected chi connectivity index (χ3v) is 5.52. The number of benzene rings is 3. The van der Waals surface area contributed by atoms with Crippen LogP contribution in [-0.2, 0) is 4.74 Å². The highest BCUT2D eigenvalue weighted by atomic mass is 16.7. The Morgan fingerprint density at radius 3 is 1.97 bits per heavy atom. The molecule has 3 aromatic carbocycles. The molecule has 4 heteroatoms. The summed E-state index contributed by atoms with van der Waals surface area (Å²) < 4.78 is 16.9. The summed E-state index contributed by atoms with van der Waals surface area (Å²) in [6.45, 7) is 0.289. The third-order valence-electron chi connectivity index (χ3n) is 5.52. The van der Waals surface area contributed by atoms with E-state index in [9.17, 15) is 4.79 Å². The molecule has 1 aliphatic carbocycles. The first-order chi connectivity index (χ1) is 14.8. The summed E-state index contributed by atoms with van der Waals surface area (Å²) in [6, 6.07) is 26.7. The van der Waals surface area contributed by atoms with Gasteiger partial charge >= 0.3 is 5.97 Å². The van der Waals surface area contributed by atoms with Crippen molar-refractivity contribution in [3.05, 3.63) is 96.1 Å². The van der Waals surface area contributed by atoms with E-state index in [2.05, 4.69) is 0 Å². The Balaban J connectivity index is 1.23. The van der Waals surface area contributed by atoms with Gasteiger partial charge in [0.25, 0.3) is 0 Å². The van der Waals surface area contributed by atoms with Gasteiger partial charge in [0.1, 0.15) is 11.5 Å². The molecule has 1 saturated carbocycles. The Kier molecular flexibility index (Phi) is 6.78. The van der Waals surface area contributed by atoms with Crippen molar-refractivity contribution in [3.8, 4) is 11.5 Å². The lowest BCUT2D eigenvalue weighted by molar-refractivity contribution is -0.0516. The Bertz CT molecular complexity index is 914. The molecular weight excluding hydrogens is 376 g/mol. The van der Waals surface area contributed by atoms with E-state index in [4.69, 9.17) is 14.2 Å². The number of carbonyl (C=O) groups excluding carboxylic acids is 1. The van der Waals surface area contributed by atoms with Crippen LogP contribution in [0.5, 0.6) is 11.5 Å². The fourth-order valence-corrected chi connectivity index (χ4v) is 3.82. The molecule has 0 heterocycles. The molecule has 0 N–H and O–H groups in total. The highest BCUT2D eigenvalue weighted by molar-refractivity contribution is 5.91. The first kappa shape index (κ1) is 20.2. The second-order valence-corrected chi connectivity index (χ2v) is 7.54. The first-order valence-electron chi connectivity index (χ1n) is 10.4. The average molecular weight is 402 g/mol. The van der Waals surface area contributed by atoms with Crippen LogP contribution >= 0.6 is 0 Å². The maximum absolute atomic E-state index is 12.3. The SMILES string of the molecule is O=C(Oc1ccccc1)c1ccc(C2CCC(OCOc3ccccc3)CC2)cc1. The molecule has 0 radical (unpaired) electrons. The van der Waals surface area contributed by atoms with Crippen molar-refractivity contribution in [3.63, 3.8) is 0 Å². The summed E-state index contributed by atoms with van der Waals surface area (Å²) in [5.41, 5.74) is 1.84. The van der Waals surface area contributed by atoms with Gasteiger partial charge in [-0.3, -0.25) is 0 Å². The summed E-state index contributed by atoms with van der Waals surface area (Å²) in [5.74, 6) is 1.56. The summed E-state index contributed by atoms with van der Waals surface area (Å²) in [4.78, 5) is 12.3. The largest absolute Gasteiger partial charge is 0.468 e.